The fourth-order valence-electron chi connectivity index (χ4n) is 2.14. The van der Waals surface area contributed by atoms with Gasteiger partial charge >= 0.3 is 0 Å². The second-order valence-electron chi connectivity index (χ2n) is 4.96. The number of carbonyl (C=O) groups is 1. The standard InChI is InChI=1S/C19H17ClN2O3/c1-3-25-18-16(20)10-13(11-17(18)24-2)9-14(12-21)19(23)22-15-7-5-4-6-8-15/h4-11H,3H2,1-2H3,(H,22,23)/b14-9-. The first kappa shape index (κ1) is 18.4. The second-order valence-corrected chi connectivity index (χ2v) is 5.36. The molecule has 0 aliphatic heterocycles. The molecule has 0 unspecified atom stereocenters. The Bertz CT molecular complexity index is 827. The Morgan fingerprint density at radius 3 is 2.64 bits per heavy atom. The molecule has 0 radical (unpaired) electrons. The molecule has 0 atom stereocenters. The van der Waals surface area contributed by atoms with E-state index in [9.17, 15) is 10.1 Å². The first-order valence-corrected chi connectivity index (χ1v) is 7.95. The number of amides is 1. The fraction of sp³-hybridized carbons (Fsp3) is 0.158. The van der Waals surface area contributed by atoms with Crippen LogP contribution in [-0.2, 0) is 4.79 Å². The summed E-state index contributed by atoms with van der Waals surface area (Å²) in [6.07, 6.45) is 1.45. The van der Waals surface area contributed by atoms with E-state index in [1.165, 1.54) is 13.2 Å². The van der Waals surface area contributed by atoms with Crippen molar-refractivity contribution < 1.29 is 14.3 Å². The normalized spacial score (nSPS) is 10.7. The topological polar surface area (TPSA) is 71.3 Å². The number of carbonyl (C=O) groups excluding carboxylic acids is 1. The van der Waals surface area contributed by atoms with E-state index < -0.39 is 5.91 Å². The van der Waals surface area contributed by atoms with Crippen LogP contribution in [0.3, 0.4) is 0 Å². The number of ether oxygens (including phenoxy) is 2. The highest BCUT2D eigenvalue weighted by molar-refractivity contribution is 6.32. The van der Waals surface area contributed by atoms with Crippen molar-refractivity contribution in [1.29, 1.82) is 5.26 Å². The lowest BCUT2D eigenvalue weighted by Crippen LogP contribution is -2.13. The van der Waals surface area contributed by atoms with Crippen LogP contribution in [0.25, 0.3) is 6.08 Å². The maximum Gasteiger partial charge on any atom is 0.266 e. The molecular weight excluding hydrogens is 340 g/mol. The van der Waals surface area contributed by atoms with Gasteiger partial charge in [0.25, 0.3) is 5.91 Å². The van der Waals surface area contributed by atoms with Gasteiger partial charge in [-0.05, 0) is 42.8 Å². The minimum atomic E-state index is -0.502. The Balaban J connectivity index is 2.31. The summed E-state index contributed by atoms with van der Waals surface area (Å²) >= 11 is 6.21. The Labute approximate surface area is 151 Å². The average molecular weight is 357 g/mol. The van der Waals surface area contributed by atoms with Crippen molar-refractivity contribution in [1.82, 2.24) is 0 Å². The average Bonchev–Trinajstić information content (AvgIpc) is 2.62. The van der Waals surface area contributed by atoms with Gasteiger partial charge in [0.15, 0.2) is 11.5 Å². The number of nitrogens with zero attached hydrogens (tertiary/aromatic N) is 1. The van der Waals surface area contributed by atoms with E-state index >= 15 is 0 Å². The zero-order chi connectivity index (χ0) is 18.2. The number of benzene rings is 2. The molecule has 0 aromatic heterocycles. The Morgan fingerprint density at radius 2 is 2.04 bits per heavy atom. The van der Waals surface area contributed by atoms with E-state index in [1.54, 1.807) is 36.4 Å². The molecule has 5 nitrogen and oxygen atoms in total. The molecule has 0 heterocycles. The van der Waals surface area contributed by atoms with E-state index in [4.69, 9.17) is 21.1 Å². The summed E-state index contributed by atoms with van der Waals surface area (Å²) in [6, 6.07) is 14.1. The number of halogens is 1. The van der Waals surface area contributed by atoms with Crippen LogP contribution in [0.15, 0.2) is 48.0 Å². The predicted molar refractivity (Wildman–Crippen MR) is 97.8 cm³/mol. The Hall–Kier alpha value is -2.97. The van der Waals surface area contributed by atoms with E-state index in [0.717, 1.165) is 0 Å². The smallest absolute Gasteiger partial charge is 0.266 e. The number of methoxy groups -OCH3 is 1. The molecule has 2 aromatic carbocycles. The van der Waals surface area contributed by atoms with E-state index in [0.29, 0.717) is 34.4 Å². The van der Waals surface area contributed by atoms with Crippen LogP contribution < -0.4 is 14.8 Å². The summed E-state index contributed by atoms with van der Waals surface area (Å²) in [5, 5.41) is 12.3. The molecule has 0 aliphatic rings. The SMILES string of the molecule is CCOc1c(Cl)cc(/C=C(/C#N)C(=O)Nc2ccccc2)cc1OC. The molecule has 0 saturated carbocycles. The van der Waals surface area contributed by atoms with Crippen molar-refractivity contribution in [2.45, 2.75) is 6.92 Å². The van der Waals surface area contributed by atoms with Gasteiger partial charge in [0, 0.05) is 5.69 Å². The number of nitrogens with one attached hydrogen (secondary N) is 1. The summed E-state index contributed by atoms with van der Waals surface area (Å²) in [6.45, 7) is 2.28. The van der Waals surface area contributed by atoms with Gasteiger partial charge in [-0.3, -0.25) is 4.79 Å². The zero-order valence-electron chi connectivity index (χ0n) is 13.9. The van der Waals surface area contributed by atoms with Gasteiger partial charge in [-0.1, -0.05) is 29.8 Å². The molecular formula is C19H17ClN2O3. The quantitative estimate of drug-likeness (QED) is 0.619. The molecule has 0 aliphatic carbocycles. The maximum atomic E-state index is 12.3. The summed E-state index contributed by atoms with van der Waals surface area (Å²) in [5.41, 5.74) is 1.12. The first-order valence-electron chi connectivity index (χ1n) is 7.57. The number of hydrogen-bond acceptors (Lipinski definition) is 4. The Kier molecular flexibility index (Phi) is 6.44. The van der Waals surface area contributed by atoms with Crippen LogP contribution >= 0.6 is 11.6 Å². The van der Waals surface area contributed by atoms with Gasteiger partial charge in [0.2, 0.25) is 0 Å². The van der Waals surface area contributed by atoms with Gasteiger partial charge < -0.3 is 14.8 Å². The summed E-state index contributed by atoms with van der Waals surface area (Å²) in [5.74, 6) is 0.357. The molecule has 6 heteroatoms. The lowest BCUT2D eigenvalue weighted by molar-refractivity contribution is -0.112. The third-order valence-electron chi connectivity index (χ3n) is 3.25. The fourth-order valence-corrected chi connectivity index (χ4v) is 2.42. The molecule has 2 rings (SSSR count). The van der Waals surface area contributed by atoms with Crippen molar-refractivity contribution in [3.8, 4) is 17.6 Å². The third kappa shape index (κ3) is 4.75. The van der Waals surface area contributed by atoms with E-state index in [1.807, 2.05) is 19.1 Å². The van der Waals surface area contributed by atoms with Gasteiger partial charge in [-0.25, -0.2) is 0 Å². The minimum absolute atomic E-state index is 0.0499. The van der Waals surface area contributed by atoms with Crippen molar-refractivity contribution in [2.75, 3.05) is 19.0 Å². The van der Waals surface area contributed by atoms with Gasteiger partial charge in [-0.15, -0.1) is 0 Å². The van der Waals surface area contributed by atoms with Gasteiger partial charge in [-0.2, -0.15) is 5.26 Å². The molecule has 0 fully saturated rings. The predicted octanol–water partition coefficient (Wildman–Crippen LogP) is 4.29. The molecule has 0 bridgehead atoms. The lowest BCUT2D eigenvalue weighted by atomic mass is 10.1. The zero-order valence-corrected chi connectivity index (χ0v) is 14.6. The Morgan fingerprint density at radius 1 is 1.32 bits per heavy atom. The molecule has 2 aromatic rings. The number of hydrogen-bond donors (Lipinski definition) is 1. The molecule has 25 heavy (non-hydrogen) atoms. The second kappa shape index (κ2) is 8.76. The van der Waals surface area contributed by atoms with Crippen LogP contribution in [0.2, 0.25) is 5.02 Å². The number of anilines is 1. The minimum Gasteiger partial charge on any atom is -0.493 e. The molecule has 1 amide bonds. The highest BCUT2D eigenvalue weighted by Crippen LogP contribution is 2.37. The van der Waals surface area contributed by atoms with Gasteiger partial charge in [0.1, 0.15) is 11.6 Å². The van der Waals surface area contributed by atoms with Crippen molar-refractivity contribution in [3.05, 3.63) is 58.6 Å². The van der Waals surface area contributed by atoms with Gasteiger partial charge in [0.05, 0.1) is 18.7 Å². The molecule has 128 valence electrons. The van der Waals surface area contributed by atoms with Crippen molar-refractivity contribution in [3.63, 3.8) is 0 Å². The van der Waals surface area contributed by atoms with Crippen LogP contribution in [0.1, 0.15) is 12.5 Å². The summed E-state index contributed by atoms with van der Waals surface area (Å²) in [4.78, 5) is 12.3. The highest BCUT2D eigenvalue weighted by atomic mass is 35.5. The van der Waals surface area contributed by atoms with E-state index in [2.05, 4.69) is 5.32 Å². The van der Waals surface area contributed by atoms with E-state index in [-0.39, 0.29) is 5.57 Å². The summed E-state index contributed by atoms with van der Waals surface area (Å²) < 4.78 is 10.7. The lowest BCUT2D eigenvalue weighted by Gasteiger charge is -2.12. The summed E-state index contributed by atoms with van der Waals surface area (Å²) in [7, 11) is 1.50. The maximum absolute atomic E-state index is 12.3. The van der Waals surface area contributed by atoms with Crippen molar-refractivity contribution in [2.24, 2.45) is 0 Å². The monoisotopic (exact) mass is 356 g/mol. The van der Waals surface area contributed by atoms with Crippen LogP contribution in [0.4, 0.5) is 5.69 Å². The number of para-hydroxylation sites is 1. The molecule has 1 N–H and O–H groups in total. The first-order chi connectivity index (χ1) is 12.1. The van der Waals surface area contributed by atoms with Crippen LogP contribution in [-0.4, -0.2) is 19.6 Å². The third-order valence-corrected chi connectivity index (χ3v) is 3.53. The number of nitriles is 1. The van der Waals surface area contributed by atoms with Crippen LogP contribution in [0, 0.1) is 11.3 Å². The molecule has 0 spiro atoms. The highest BCUT2D eigenvalue weighted by Gasteiger charge is 2.14. The largest absolute Gasteiger partial charge is 0.493 e. The van der Waals surface area contributed by atoms with Crippen molar-refractivity contribution >= 4 is 29.3 Å². The van der Waals surface area contributed by atoms with Crippen LogP contribution in [0.5, 0.6) is 11.5 Å². The molecule has 0 saturated heterocycles. The number of rotatable bonds is 6.